The van der Waals surface area contributed by atoms with Crippen LogP contribution in [0, 0.1) is 13.8 Å². The molecule has 3 rings (SSSR count). The zero-order valence-electron chi connectivity index (χ0n) is 11.4. The molecule has 0 aliphatic rings. The van der Waals surface area contributed by atoms with Crippen molar-refractivity contribution < 1.29 is 8.83 Å². The lowest BCUT2D eigenvalue weighted by atomic mass is 10.1. The van der Waals surface area contributed by atoms with E-state index in [9.17, 15) is 0 Å². The summed E-state index contributed by atoms with van der Waals surface area (Å²) in [6.07, 6.45) is 1.71. The van der Waals surface area contributed by atoms with Crippen LogP contribution in [0.4, 0.5) is 0 Å². The quantitative estimate of drug-likeness (QED) is 0.770. The Morgan fingerprint density at radius 2 is 1.95 bits per heavy atom. The Bertz CT molecular complexity index is 708. The smallest absolute Gasteiger partial charge is 0.134 e. The molecule has 0 aliphatic carbocycles. The van der Waals surface area contributed by atoms with Crippen molar-refractivity contribution in [3.05, 3.63) is 59.2 Å². The van der Waals surface area contributed by atoms with E-state index in [1.165, 1.54) is 5.56 Å². The Hall–Kier alpha value is -2.00. The third-order valence-corrected chi connectivity index (χ3v) is 3.43. The predicted molar refractivity (Wildman–Crippen MR) is 75.3 cm³/mol. The molecular weight excluding hydrogens is 238 g/mol. The fourth-order valence-corrected chi connectivity index (χ4v) is 2.41. The van der Waals surface area contributed by atoms with Gasteiger partial charge < -0.3 is 14.2 Å². The van der Waals surface area contributed by atoms with Crippen LogP contribution >= 0.6 is 0 Å². The van der Waals surface area contributed by atoms with Crippen LogP contribution in [-0.2, 0) is 0 Å². The van der Waals surface area contributed by atoms with Gasteiger partial charge in [0, 0.05) is 5.39 Å². The average molecular weight is 255 g/mol. The molecule has 0 aliphatic heterocycles. The van der Waals surface area contributed by atoms with Gasteiger partial charge in [0.15, 0.2) is 0 Å². The summed E-state index contributed by atoms with van der Waals surface area (Å²) in [5.74, 6) is 1.78. The molecule has 0 saturated heterocycles. The fourth-order valence-electron chi connectivity index (χ4n) is 2.41. The molecule has 0 amide bonds. The Balaban J connectivity index is 2.09. The van der Waals surface area contributed by atoms with Crippen molar-refractivity contribution in [2.45, 2.75) is 19.9 Å². The highest BCUT2D eigenvalue weighted by Gasteiger charge is 2.21. The van der Waals surface area contributed by atoms with Crippen LogP contribution in [0.15, 0.2) is 45.4 Å². The molecule has 98 valence electrons. The first kappa shape index (κ1) is 12.1. The zero-order valence-corrected chi connectivity index (χ0v) is 11.4. The zero-order chi connectivity index (χ0) is 13.4. The van der Waals surface area contributed by atoms with Crippen molar-refractivity contribution in [3.8, 4) is 0 Å². The van der Waals surface area contributed by atoms with Gasteiger partial charge in [0.2, 0.25) is 0 Å². The molecule has 0 saturated carbocycles. The van der Waals surface area contributed by atoms with Gasteiger partial charge in [-0.25, -0.2) is 0 Å². The molecule has 2 aromatic heterocycles. The van der Waals surface area contributed by atoms with Crippen LogP contribution in [0.1, 0.15) is 28.7 Å². The second-order valence-corrected chi connectivity index (χ2v) is 4.88. The molecule has 0 spiro atoms. The monoisotopic (exact) mass is 255 g/mol. The molecule has 2 heterocycles. The van der Waals surface area contributed by atoms with Gasteiger partial charge in [-0.2, -0.15) is 0 Å². The lowest BCUT2D eigenvalue weighted by Crippen LogP contribution is -2.17. The number of hydrogen-bond acceptors (Lipinski definition) is 3. The lowest BCUT2D eigenvalue weighted by molar-refractivity contribution is 0.412. The molecule has 0 fully saturated rings. The SMILES string of the molecule is CNC(c1cc2cc(C)ccc2o1)c1occc1C. The lowest BCUT2D eigenvalue weighted by Gasteiger charge is -2.11. The molecule has 3 nitrogen and oxygen atoms in total. The minimum atomic E-state index is -0.0530. The third-order valence-electron chi connectivity index (χ3n) is 3.43. The van der Waals surface area contributed by atoms with E-state index in [-0.39, 0.29) is 6.04 Å². The second kappa shape index (κ2) is 4.59. The fraction of sp³-hybridized carbons (Fsp3) is 0.250. The molecule has 1 unspecified atom stereocenters. The largest absolute Gasteiger partial charge is 0.467 e. The summed E-state index contributed by atoms with van der Waals surface area (Å²) < 4.78 is 11.5. The van der Waals surface area contributed by atoms with E-state index in [0.29, 0.717) is 0 Å². The van der Waals surface area contributed by atoms with Gasteiger partial charge in [-0.15, -0.1) is 0 Å². The van der Waals surface area contributed by atoms with Crippen molar-refractivity contribution in [1.29, 1.82) is 0 Å². The Morgan fingerprint density at radius 3 is 2.63 bits per heavy atom. The molecule has 0 bridgehead atoms. The highest BCUT2D eigenvalue weighted by atomic mass is 16.4. The predicted octanol–water partition coefficient (Wildman–Crippen LogP) is 3.95. The number of nitrogens with one attached hydrogen (secondary N) is 1. The maximum Gasteiger partial charge on any atom is 0.134 e. The summed E-state index contributed by atoms with van der Waals surface area (Å²) in [5.41, 5.74) is 3.26. The van der Waals surface area contributed by atoms with Crippen LogP contribution in [0.3, 0.4) is 0 Å². The average Bonchev–Trinajstić information content (AvgIpc) is 2.97. The molecular formula is C16H17NO2. The van der Waals surface area contributed by atoms with Crippen LogP contribution in [-0.4, -0.2) is 7.05 Å². The van der Waals surface area contributed by atoms with E-state index in [1.54, 1.807) is 6.26 Å². The van der Waals surface area contributed by atoms with Crippen LogP contribution < -0.4 is 5.32 Å². The Labute approximate surface area is 112 Å². The first-order valence-electron chi connectivity index (χ1n) is 6.40. The molecule has 19 heavy (non-hydrogen) atoms. The summed E-state index contributed by atoms with van der Waals surface area (Å²) in [6, 6.07) is 10.2. The second-order valence-electron chi connectivity index (χ2n) is 4.88. The minimum absolute atomic E-state index is 0.0530. The molecule has 1 N–H and O–H groups in total. The van der Waals surface area contributed by atoms with Crippen LogP contribution in [0.5, 0.6) is 0 Å². The number of furan rings is 2. The standard InChI is InChI=1S/C16H17NO2/c1-10-4-5-13-12(8-10)9-14(19-13)15(17-3)16-11(2)6-7-18-16/h4-9,15,17H,1-3H3. The van der Waals surface area contributed by atoms with Crippen LogP contribution in [0.2, 0.25) is 0 Å². The van der Waals surface area contributed by atoms with Crippen molar-refractivity contribution in [3.63, 3.8) is 0 Å². The van der Waals surface area contributed by atoms with E-state index < -0.39 is 0 Å². The molecule has 1 aromatic carbocycles. The van der Waals surface area contributed by atoms with E-state index >= 15 is 0 Å². The van der Waals surface area contributed by atoms with Crippen molar-refractivity contribution >= 4 is 11.0 Å². The molecule has 3 heteroatoms. The third kappa shape index (κ3) is 2.06. The number of rotatable bonds is 3. The van der Waals surface area contributed by atoms with Gasteiger partial charge in [0.1, 0.15) is 23.1 Å². The maximum atomic E-state index is 5.93. The van der Waals surface area contributed by atoms with Crippen molar-refractivity contribution in [2.24, 2.45) is 0 Å². The summed E-state index contributed by atoms with van der Waals surface area (Å²) in [7, 11) is 1.91. The number of hydrogen-bond donors (Lipinski definition) is 1. The summed E-state index contributed by atoms with van der Waals surface area (Å²) in [4.78, 5) is 0. The summed E-state index contributed by atoms with van der Waals surface area (Å²) in [5, 5.41) is 4.37. The normalized spacial score (nSPS) is 13.0. The topological polar surface area (TPSA) is 38.3 Å². The van der Waals surface area contributed by atoms with Gasteiger partial charge in [-0.3, -0.25) is 0 Å². The van der Waals surface area contributed by atoms with Gasteiger partial charge in [0.25, 0.3) is 0 Å². The van der Waals surface area contributed by atoms with E-state index in [4.69, 9.17) is 8.83 Å². The van der Waals surface area contributed by atoms with Gasteiger partial charge in [0.05, 0.1) is 6.26 Å². The molecule has 0 radical (unpaired) electrons. The van der Waals surface area contributed by atoms with Crippen LogP contribution in [0.25, 0.3) is 11.0 Å². The summed E-state index contributed by atoms with van der Waals surface area (Å²) >= 11 is 0. The first-order chi connectivity index (χ1) is 9.19. The molecule has 3 aromatic rings. The Morgan fingerprint density at radius 1 is 1.11 bits per heavy atom. The minimum Gasteiger partial charge on any atom is -0.467 e. The number of fused-ring (bicyclic) bond motifs is 1. The van der Waals surface area contributed by atoms with Gasteiger partial charge >= 0.3 is 0 Å². The summed E-state index contributed by atoms with van der Waals surface area (Å²) in [6.45, 7) is 4.12. The van der Waals surface area contributed by atoms with Gasteiger partial charge in [-0.05, 0) is 50.7 Å². The highest BCUT2D eigenvalue weighted by Crippen LogP contribution is 2.30. The van der Waals surface area contributed by atoms with Gasteiger partial charge in [-0.1, -0.05) is 11.6 Å². The number of benzene rings is 1. The first-order valence-corrected chi connectivity index (χ1v) is 6.40. The Kier molecular flexibility index (Phi) is 2.91. The van der Waals surface area contributed by atoms with Crippen molar-refractivity contribution in [1.82, 2.24) is 5.32 Å². The van der Waals surface area contributed by atoms with E-state index in [2.05, 4.69) is 30.4 Å². The molecule has 1 atom stereocenters. The maximum absolute atomic E-state index is 5.93. The van der Waals surface area contributed by atoms with Crippen molar-refractivity contribution in [2.75, 3.05) is 7.05 Å². The van der Waals surface area contributed by atoms with E-state index in [1.807, 2.05) is 26.1 Å². The number of aryl methyl sites for hydroxylation is 2. The van der Waals surface area contributed by atoms with E-state index in [0.717, 1.165) is 28.1 Å². The highest BCUT2D eigenvalue weighted by molar-refractivity contribution is 5.78.